The third kappa shape index (κ3) is 5.99. The molecule has 24 heavy (non-hydrogen) atoms. The zero-order valence-electron chi connectivity index (χ0n) is 14.3. The van der Waals surface area contributed by atoms with Crippen LogP contribution in [0.15, 0.2) is 47.5 Å². The highest BCUT2D eigenvalue weighted by atomic mass is 127. The van der Waals surface area contributed by atoms with Crippen molar-refractivity contribution in [2.75, 3.05) is 12.4 Å². The molecule has 0 fully saturated rings. The fourth-order valence-corrected chi connectivity index (χ4v) is 2.14. The number of guanidine groups is 1. The van der Waals surface area contributed by atoms with E-state index in [1.54, 1.807) is 13.2 Å². The zero-order valence-corrected chi connectivity index (χ0v) is 16.7. The molecule has 0 saturated heterocycles. The second-order valence-electron chi connectivity index (χ2n) is 5.43. The smallest absolute Gasteiger partial charge is 0.213 e. The summed E-state index contributed by atoms with van der Waals surface area (Å²) in [6.45, 7) is 4.81. The number of anilines is 1. The second-order valence-corrected chi connectivity index (χ2v) is 5.43. The number of hydrogen-bond acceptors (Lipinski definition) is 3. The first-order valence-corrected chi connectivity index (χ1v) is 7.79. The molecule has 0 aliphatic carbocycles. The Morgan fingerprint density at radius 2 is 1.96 bits per heavy atom. The lowest BCUT2D eigenvalue weighted by Crippen LogP contribution is -2.22. The number of rotatable bonds is 6. The van der Waals surface area contributed by atoms with E-state index in [-0.39, 0.29) is 24.0 Å². The van der Waals surface area contributed by atoms with E-state index < -0.39 is 0 Å². The molecule has 2 rings (SSSR count). The predicted molar refractivity (Wildman–Crippen MR) is 110 cm³/mol. The number of pyridine rings is 1. The van der Waals surface area contributed by atoms with E-state index in [9.17, 15) is 0 Å². The summed E-state index contributed by atoms with van der Waals surface area (Å²) in [7, 11) is 1.59. The number of halogens is 1. The van der Waals surface area contributed by atoms with Gasteiger partial charge in [0, 0.05) is 11.8 Å². The van der Waals surface area contributed by atoms with Crippen LogP contribution in [0.1, 0.15) is 37.4 Å². The lowest BCUT2D eigenvalue weighted by Gasteiger charge is -2.10. The highest BCUT2D eigenvalue weighted by Gasteiger charge is 2.03. The van der Waals surface area contributed by atoms with Crippen molar-refractivity contribution < 1.29 is 4.74 Å². The molecule has 1 atom stereocenters. The molecule has 0 radical (unpaired) electrons. The fourth-order valence-electron chi connectivity index (χ4n) is 2.14. The minimum absolute atomic E-state index is 0. The average Bonchev–Trinajstić information content (AvgIpc) is 2.60. The Kier molecular flexibility index (Phi) is 8.53. The summed E-state index contributed by atoms with van der Waals surface area (Å²) in [6.07, 6.45) is 1.13. The van der Waals surface area contributed by atoms with Gasteiger partial charge in [0.15, 0.2) is 5.96 Å². The SMILES string of the molecule is CCC(C)c1ccc(NC(N)=NCc2cccc(OC)n2)cc1.I. The Balaban J connectivity index is 0.00000288. The Morgan fingerprint density at radius 3 is 2.58 bits per heavy atom. The van der Waals surface area contributed by atoms with E-state index in [4.69, 9.17) is 10.5 Å². The highest BCUT2D eigenvalue weighted by molar-refractivity contribution is 14.0. The largest absolute Gasteiger partial charge is 0.481 e. The number of nitrogens with two attached hydrogens (primary N) is 1. The van der Waals surface area contributed by atoms with Gasteiger partial charge in [0.2, 0.25) is 5.88 Å². The van der Waals surface area contributed by atoms with E-state index in [1.807, 2.05) is 24.3 Å². The Morgan fingerprint density at radius 1 is 1.25 bits per heavy atom. The minimum atomic E-state index is 0. The summed E-state index contributed by atoms with van der Waals surface area (Å²) in [6, 6.07) is 13.9. The third-order valence-electron chi connectivity index (χ3n) is 3.77. The summed E-state index contributed by atoms with van der Waals surface area (Å²) in [5.74, 6) is 1.50. The molecule has 0 bridgehead atoms. The molecule has 0 aliphatic rings. The van der Waals surface area contributed by atoms with Crippen LogP contribution in [-0.4, -0.2) is 18.1 Å². The van der Waals surface area contributed by atoms with Crippen molar-refractivity contribution in [2.45, 2.75) is 32.7 Å². The number of nitrogens with zero attached hydrogens (tertiary/aromatic N) is 2. The molecule has 1 aromatic heterocycles. The Hall–Kier alpha value is -1.83. The van der Waals surface area contributed by atoms with Crippen LogP contribution in [0, 0.1) is 0 Å². The van der Waals surface area contributed by atoms with Gasteiger partial charge in [0.05, 0.1) is 19.3 Å². The maximum Gasteiger partial charge on any atom is 0.213 e. The number of ether oxygens (including phenoxy) is 1. The quantitative estimate of drug-likeness (QED) is 0.402. The molecule has 2 aromatic rings. The standard InChI is InChI=1S/C18H24N4O.HI/c1-4-13(2)14-8-10-15(11-9-14)22-18(19)20-12-16-6-5-7-17(21-16)23-3;/h5-11,13H,4,12H2,1-3H3,(H3,19,20,22);1H. The summed E-state index contributed by atoms with van der Waals surface area (Å²) in [4.78, 5) is 8.60. The van der Waals surface area contributed by atoms with Crippen molar-refractivity contribution in [1.29, 1.82) is 0 Å². The summed E-state index contributed by atoms with van der Waals surface area (Å²) < 4.78 is 5.09. The molecule has 0 spiro atoms. The van der Waals surface area contributed by atoms with Gasteiger partial charge in [-0.05, 0) is 36.1 Å². The molecule has 1 aromatic carbocycles. The van der Waals surface area contributed by atoms with Crippen molar-refractivity contribution in [3.8, 4) is 5.88 Å². The minimum Gasteiger partial charge on any atom is -0.481 e. The molecule has 0 amide bonds. The number of methoxy groups -OCH3 is 1. The number of hydrogen-bond donors (Lipinski definition) is 2. The van der Waals surface area contributed by atoms with Crippen molar-refractivity contribution in [3.63, 3.8) is 0 Å². The van der Waals surface area contributed by atoms with Gasteiger partial charge in [-0.3, -0.25) is 0 Å². The predicted octanol–water partition coefficient (Wildman–Crippen LogP) is 4.15. The molecule has 3 N–H and O–H groups in total. The van der Waals surface area contributed by atoms with Crippen molar-refractivity contribution in [3.05, 3.63) is 53.7 Å². The lowest BCUT2D eigenvalue weighted by molar-refractivity contribution is 0.396. The fraction of sp³-hybridized carbons (Fsp3) is 0.333. The van der Waals surface area contributed by atoms with Gasteiger partial charge < -0.3 is 15.8 Å². The Labute approximate surface area is 160 Å². The van der Waals surface area contributed by atoms with E-state index >= 15 is 0 Å². The number of nitrogens with one attached hydrogen (secondary N) is 1. The molecule has 0 saturated carbocycles. The molecular weight excluding hydrogens is 415 g/mol. The van der Waals surface area contributed by atoms with Gasteiger partial charge in [-0.25, -0.2) is 9.98 Å². The van der Waals surface area contributed by atoms with Crippen molar-refractivity contribution >= 4 is 35.6 Å². The van der Waals surface area contributed by atoms with E-state index in [1.165, 1.54) is 5.56 Å². The number of benzene rings is 1. The van der Waals surface area contributed by atoms with Crippen molar-refractivity contribution in [1.82, 2.24) is 4.98 Å². The van der Waals surface area contributed by atoms with Gasteiger partial charge in [-0.1, -0.05) is 32.0 Å². The van der Waals surface area contributed by atoms with E-state index in [0.29, 0.717) is 24.3 Å². The highest BCUT2D eigenvalue weighted by Crippen LogP contribution is 2.20. The third-order valence-corrected chi connectivity index (χ3v) is 3.77. The first-order valence-electron chi connectivity index (χ1n) is 7.79. The Bertz CT molecular complexity index is 658. The zero-order chi connectivity index (χ0) is 16.7. The van der Waals surface area contributed by atoms with Gasteiger partial charge >= 0.3 is 0 Å². The maximum absolute atomic E-state index is 5.93. The van der Waals surface area contributed by atoms with E-state index in [2.05, 4.69) is 41.3 Å². The second kappa shape index (κ2) is 10.1. The molecule has 6 heteroatoms. The van der Waals surface area contributed by atoms with Crippen LogP contribution in [0.5, 0.6) is 5.88 Å². The summed E-state index contributed by atoms with van der Waals surface area (Å²) in [5, 5.41) is 3.09. The first kappa shape index (κ1) is 20.2. The van der Waals surface area contributed by atoms with Crippen LogP contribution >= 0.6 is 24.0 Å². The summed E-state index contributed by atoms with van der Waals surface area (Å²) >= 11 is 0. The van der Waals surface area contributed by atoms with Crippen LogP contribution < -0.4 is 15.8 Å². The average molecular weight is 440 g/mol. The van der Waals surface area contributed by atoms with Gasteiger partial charge in [-0.2, -0.15) is 0 Å². The number of aromatic nitrogens is 1. The van der Waals surface area contributed by atoms with Crippen molar-refractivity contribution in [2.24, 2.45) is 10.7 Å². The molecule has 1 heterocycles. The summed E-state index contributed by atoms with van der Waals surface area (Å²) in [5.41, 5.74) is 8.99. The lowest BCUT2D eigenvalue weighted by atomic mass is 9.99. The van der Waals surface area contributed by atoms with Crippen LogP contribution in [0.4, 0.5) is 5.69 Å². The molecule has 130 valence electrons. The van der Waals surface area contributed by atoms with Gasteiger partial charge in [0.1, 0.15) is 0 Å². The van der Waals surface area contributed by atoms with Crippen LogP contribution in [0.2, 0.25) is 0 Å². The van der Waals surface area contributed by atoms with E-state index in [0.717, 1.165) is 17.8 Å². The van der Waals surface area contributed by atoms with Crippen LogP contribution in [0.3, 0.4) is 0 Å². The number of aliphatic imine (C=N–C) groups is 1. The first-order chi connectivity index (χ1) is 11.1. The molecule has 1 unspecified atom stereocenters. The topological polar surface area (TPSA) is 72.5 Å². The monoisotopic (exact) mass is 440 g/mol. The molecule has 0 aliphatic heterocycles. The molecule has 5 nitrogen and oxygen atoms in total. The van der Waals surface area contributed by atoms with Crippen LogP contribution in [-0.2, 0) is 6.54 Å². The van der Waals surface area contributed by atoms with Gasteiger partial charge in [-0.15, -0.1) is 24.0 Å². The molecular formula is C18H25IN4O. The maximum atomic E-state index is 5.93. The van der Waals surface area contributed by atoms with Crippen LogP contribution in [0.25, 0.3) is 0 Å². The van der Waals surface area contributed by atoms with Gasteiger partial charge in [0.25, 0.3) is 0 Å². The normalized spacial score (nSPS) is 12.2.